The molecule has 0 aromatic heterocycles. The van der Waals surface area contributed by atoms with Crippen LogP contribution in [0.5, 0.6) is 34.5 Å². The molecule has 4 aromatic carbocycles. The van der Waals surface area contributed by atoms with Crippen LogP contribution < -0.4 is 49.7 Å². The first-order valence-electron chi connectivity index (χ1n) is 16.5. The van der Waals surface area contributed by atoms with Crippen molar-refractivity contribution in [2.45, 2.75) is 6.92 Å². The predicted octanol–water partition coefficient (Wildman–Crippen LogP) is 7.63. The number of ether oxygens (including phenoxy) is 6. The van der Waals surface area contributed by atoms with Gasteiger partial charge in [0.15, 0.2) is 34.6 Å². The highest BCUT2D eigenvalue weighted by Gasteiger charge is 2.18. The Morgan fingerprint density at radius 3 is 1.35 bits per heavy atom. The summed E-state index contributed by atoms with van der Waals surface area (Å²) in [5.74, 6) is 3.02. The van der Waals surface area contributed by atoms with Gasteiger partial charge in [-0.05, 0) is 89.1 Å². The lowest BCUT2D eigenvalue weighted by atomic mass is 10.0. The first kappa shape index (κ1) is 42.6. The second-order valence-electron chi connectivity index (χ2n) is 12.2. The van der Waals surface area contributed by atoms with Crippen molar-refractivity contribution in [3.05, 3.63) is 93.0 Å². The van der Waals surface area contributed by atoms with E-state index in [1.807, 2.05) is 38.0 Å². The molecular formula is C41H49BrN4O8. The maximum atomic E-state index is 12.9. The van der Waals surface area contributed by atoms with E-state index in [9.17, 15) is 9.59 Å². The number of methoxy groups -OCH3 is 6. The van der Waals surface area contributed by atoms with E-state index in [2.05, 4.69) is 15.9 Å². The average Bonchev–Trinajstić information content (AvgIpc) is 3.16. The van der Waals surface area contributed by atoms with Crippen LogP contribution in [0.2, 0.25) is 0 Å². The molecule has 0 fully saturated rings. The fourth-order valence-electron chi connectivity index (χ4n) is 5.40. The monoisotopic (exact) mass is 804 g/mol. The van der Waals surface area contributed by atoms with Gasteiger partial charge in [-0.1, -0.05) is 0 Å². The molecule has 0 unspecified atom stereocenters. The molecule has 0 heterocycles. The number of nitrogens with zero attached hydrogens (tertiary/aromatic N) is 2. The molecule has 0 saturated heterocycles. The van der Waals surface area contributed by atoms with Crippen LogP contribution in [-0.4, -0.2) is 82.4 Å². The smallest absolute Gasteiger partial charge is 0.200 e. The third-order valence-corrected chi connectivity index (χ3v) is 8.80. The van der Waals surface area contributed by atoms with E-state index < -0.39 is 0 Å². The topological polar surface area (TPSA) is 148 Å². The SMILES string of the molecule is COc1cc(/C=C(/Br)C(=O)c2ccc(N)c(N(C)C)c2)c(OC)c(OC)c1.COc1cc(/C=C(\C)C(=O)c2ccc(N)c(N(C)C)c2)c(OC)c(OC)c1. The molecule has 13 heteroatoms. The van der Waals surface area contributed by atoms with Crippen molar-refractivity contribution in [2.24, 2.45) is 0 Å². The van der Waals surface area contributed by atoms with E-state index in [1.165, 1.54) is 0 Å². The first-order chi connectivity index (χ1) is 25.6. The molecule has 54 heavy (non-hydrogen) atoms. The third-order valence-electron chi connectivity index (χ3n) is 8.21. The first-order valence-corrected chi connectivity index (χ1v) is 17.3. The summed E-state index contributed by atoms with van der Waals surface area (Å²) in [6, 6.07) is 17.5. The highest BCUT2D eigenvalue weighted by Crippen LogP contribution is 2.39. The number of rotatable bonds is 14. The second kappa shape index (κ2) is 19.3. The van der Waals surface area contributed by atoms with Crippen LogP contribution in [0, 0.1) is 0 Å². The maximum absolute atomic E-state index is 12.9. The molecule has 4 rings (SSSR count). The second-order valence-corrected chi connectivity index (χ2v) is 13.1. The minimum absolute atomic E-state index is 0.0954. The Morgan fingerprint density at radius 1 is 0.574 bits per heavy atom. The normalized spacial score (nSPS) is 11.1. The van der Waals surface area contributed by atoms with Crippen LogP contribution in [0.1, 0.15) is 38.8 Å². The van der Waals surface area contributed by atoms with Crippen LogP contribution in [-0.2, 0) is 0 Å². The summed E-state index contributed by atoms with van der Waals surface area (Å²) >= 11 is 3.38. The molecule has 0 amide bonds. The number of Topliss-reactive ketones (excluding diaryl/α,β-unsaturated/α-hetero) is 2. The molecule has 0 aliphatic heterocycles. The fourth-order valence-corrected chi connectivity index (χ4v) is 5.87. The number of nitrogens with two attached hydrogens (primary N) is 2. The highest BCUT2D eigenvalue weighted by molar-refractivity contribution is 9.12. The van der Waals surface area contributed by atoms with E-state index in [0.29, 0.717) is 78.2 Å². The number of hydrogen-bond acceptors (Lipinski definition) is 12. The Balaban J connectivity index is 0.000000290. The number of anilines is 4. The average molecular weight is 806 g/mol. The maximum Gasteiger partial charge on any atom is 0.200 e. The molecule has 0 saturated carbocycles. The Labute approximate surface area is 326 Å². The quantitative estimate of drug-likeness (QED) is 0.0734. The van der Waals surface area contributed by atoms with Crippen molar-refractivity contribution < 1.29 is 38.0 Å². The standard InChI is InChI=1S/C21H26N2O4.C20H23BrN2O4/c1-13(20(24)14-7-8-17(22)18(11-14)23(2)3)9-15-10-16(25-4)12-19(26-5)21(15)27-6;1-23(2)17-10-12(6-7-16(17)22)19(24)15(21)9-13-8-14(25-3)11-18(26-4)20(13)27-5/h7-12H,22H2,1-6H3;6-11H,22H2,1-5H3/b13-9+;15-9+. The molecular weight excluding hydrogens is 756 g/mol. The molecule has 12 nitrogen and oxygen atoms in total. The number of halogens is 1. The van der Waals surface area contributed by atoms with E-state index in [0.717, 1.165) is 11.4 Å². The van der Waals surface area contributed by atoms with Crippen molar-refractivity contribution in [2.75, 3.05) is 92.1 Å². The summed E-state index contributed by atoms with van der Waals surface area (Å²) in [7, 11) is 16.9. The fraction of sp³-hybridized carbons (Fsp3) is 0.268. The zero-order valence-corrected chi connectivity index (χ0v) is 34.2. The predicted molar refractivity (Wildman–Crippen MR) is 222 cm³/mol. The minimum Gasteiger partial charge on any atom is -0.497 e. The van der Waals surface area contributed by atoms with E-state index >= 15 is 0 Å². The molecule has 288 valence electrons. The Hall–Kier alpha value is -5.82. The number of allylic oxidation sites excluding steroid dienone is 2. The van der Waals surface area contributed by atoms with Gasteiger partial charge in [0, 0.05) is 62.6 Å². The summed E-state index contributed by atoms with van der Waals surface area (Å²) in [4.78, 5) is 29.5. The van der Waals surface area contributed by atoms with Crippen LogP contribution in [0.3, 0.4) is 0 Å². The van der Waals surface area contributed by atoms with Crippen molar-refractivity contribution in [1.29, 1.82) is 0 Å². The number of carbonyl (C=O) groups is 2. The molecule has 0 bridgehead atoms. The third kappa shape index (κ3) is 10.2. The molecule has 0 aliphatic rings. The van der Waals surface area contributed by atoms with E-state index in [1.54, 1.807) is 122 Å². The lowest BCUT2D eigenvalue weighted by Gasteiger charge is -2.16. The van der Waals surface area contributed by atoms with Gasteiger partial charge >= 0.3 is 0 Å². The van der Waals surface area contributed by atoms with Crippen molar-refractivity contribution >= 4 is 62.4 Å². The summed E-state index contributed by atoms with van der Waals surface area (Å²) < 4.78 is 32.6. The van der Waals surface area contributed by atoms with Gasteiger partial charge in [-0.3, -0.25) is 9.59 Å². The zero-order valence-electron chi connectivity index (χ0n) is 32.6. The Bertz CT molecular complexity index is 1900. The number of carbonyl (C=O) groups excluding carboxylic acids is 2. The van der Waals surface area contributed by atoms with Gasteiger partial charge < -0.3 is 49.7 Å². The van der Waals surface area contributed by atoms with Crippen molar-refractivity contribution in [3.8, 4) is 34.5 Å². The van der Waals surface area contributed by atoms with Gasteiger partial charge in [-0.15, -0.1) is 0 Å². The number of benzene rings is 4. The van der Waals surface area contributed by atoms with E-state index in [-0.39, 0.29) is 11.6 Å². The summed E-state index contributed by atoms with van der Waals surface area (Å²) in [6.45, 7) is 1.76. The number of ketones is 2. The van der Waals surface area contributed by atoms with Crippen LogP contribution in [0.15, 0.2) is 70.7 Å². The summed E-state index contributed by atoms with van der Waals surface area (Å²) in [6.07, 6.45) is 3.44. The summed E-state index contributed by atoms with van der Waals surface area (Å²) in [5.41, 5.74) is 17.7. The lowest BCUT2D eigenvalue weighted by Crippen LogP contribution is -2.12. The molecule has 0 atom stereocenters. The van der Waals surface area contributed by atoms with Crippen LogP contribution >= 0.6 is 15.9 Å². The van der Waals surface area contributed by atoms with Gasteiger partial charge in [0.05, 0.1) is 69.9 Å². The van der Waals surface area contributed by atoms with Crippen molar-refractivity contribution in [1.82, 2.24) is 0 Å². The lowest BCUT2D eigenvalue weighted by molar-refractivity contribution is 0.103. The van der Waals surface area contributed by atoms with Gasteiger partial charge in [-0.2, -0.15) is 0 Å². The molecule has 4 aromatic rings. The summed E-state index contributed by atoms with van der Waals surface area (Å²) in [5, 5.41) is 0. The number of nitrogen functional groups attached to an aromatic ring is 2. The molecule has 4 N–H and O–H groups in total. The molecule has 0 spiro atoms. The van der Waals surface area contributed by atoms with Crippen LogP contribution in [0.4, 0.5) is 22.7 Å². The Morgan fingerprint density at radius 2 is 0.981 bits per heavy atom. The Kier molecular flexibility index (Phi) is 15.2. The van der Waals surface area contributed by atoms with Gasteiger partial charge in [-0.25, -0.2) is 0 Å². The van der Waals surface area contributed by atoms with Gasteiger partial charge in [0.2, 0.25) is 0 Å². The van der Waals surface area contributed by atoms with Gasteiger partial charge in [0.1, 0.15) is 11.5 Å². The highest BCUT2D eigenvalue weighted by atomic mass is 79.9. The van der Waals surface area contributed by atoms with E-state index in [4.69, 9.17) is 39.9 Å². The van der Waals surface area contributed by atoms with Gasteiger partial charge in [0.25, 0.3) is 0 Å². The molecule has 0 aliphatic carbocycles. The number of hydrogen-bond donors (Lipinski definition) is 2. The molecule has 0 radical (unpaired) electrons. The minimum atomic E-state index is -0.179. The largest absolute Gasteiger partial charge is 0.497 e. The van der Waals surface area contributed by atoms with Crippen LogP contribution in [0.25, 0.3) is 12.2 Å². The van der Waals surface area contributed by atoms with Crippen molar-refractivity contribution in [3.63, 3.8) is 0 Å². The zero-order chi connectivity index (χ0) is 40.3.